The van der Waals surface area contributed by atoms with Gasteiger partial charge in [0.2, 0.25) is 0 Å². The molecule has 1 fully saturated rings. The van der Waals surface area contributed by atoms with E-state index in [9.17, 15) is 4.79 Å². The Kier molecular flexibility index (Phi) is 5.87. The third kappa shape index (κ3) is 4.48. The standard InChI is InChI=1S/C20H28N4O/c1-3-4-12-22(2)19-10-14-23(16-19)20(25)18-8-6-17(7-9-18)15-24-13-5-11-21-24/h5-9,11,13,19H,3-4,10,12,14-16H2,1-2H3. The third-order valence-electron chi connectivity index (χ3n) is 5.04. The predicted octanol–water partition coefficient (Wildman–Crippen LogP) is 2.88. The van der Waals surface area contributed by atoms with Crippen LogP contribution in [-0.2, 0) is 6.54 Å². The summed E-state index contributed by atoms with van der Waals surface area (Å²) in [7, 11) is 2.18. The van der Waals surface area contributed by atoms with E-state index in [0.717, 1.165) is 43.7 Å². The number of amides is 1. The molecule has 134 valence electrons. The van der Waals surface area contributed by atoms with Gasteiger partial charge in [0.25, 0.3) is 5.91 Å². The highest BCUT2D eigenvalue weighted by atomic mass is 16.2. The normalized spacial score (nSPS) is 17.4. The van der Waals surface area contributed by atoms with Crippen molar-refractivity contribution in [1.29, 1.82) is 0 Å². The van der Waals surface area contributed by atoms with Crippen LogP contribution < -0.4 is 0 Å². The van der Waals surface area contributed by atoms with Crippen molar-refractivity contribution in [3.8, 4) is 0 Å². The first-order chi connectivity index (χ1) is 12.2. The van der Waals surface area contributed by atoms with Gasteiger partial charge in [-0.2, -0.15) is 5.10 Å². The zero-order valence-electron chi connectivity index (χ0n) is 15.3. The van der Waals surface area contributed by atoms with Crippen LogP contribution in [0, 0.1) is 0 Å². The zero-order valence-corrected chi connectivity index (χ0v) is 15.3. The number of likely N-dealkylation sites (tertiary alicyclic amines) is 1. The van der Waals surface area contributed by atoms with Crippen molar-refractivity contribution in [1.82, 2.24) is 19.6 Å². The Balaban J connectivity index is 1.56. The van der Waals surface area contributed by atoms with Gasteiger partial charge in [-0.15, -0.1) is 0 Å². The maximum Gasteiger partial charge on any atom is 0.253 e. The molecule has 1 unspecified atom stereocenters. The van der Waals surface area contributed by atoms with Crippen LogP contribution in [0.1, 0.15) is 42.1 Å². The molecule has 1 aromatic carbocycles. The highest BCUT2D eigenvalue weighted by Crippen LogP contribution is 2.18. The van der Waals surface area contributed by atoms with Gasteiger partial charge in [0.05, 0.1) is 6.54 Å². The van der Waals surface area contributed by atoms with Gasteiger partial charge in [0.1, 0.15) is 0 Å². The molecule has 0 saturated carbocycles. The minimum absolute atomic E-state index is 0.150. The van der Waals surface area contributed by atoms with Crippen molar-refractivity contribution in [3.05, 3.63) is 53.9 Å². The van der Waals surface area contributed by atoms with E-state index in [-0.39, 0.29) is 5.91 Å². The molecular formula is C20H28N4O. The number of aromatic nitrogens is 2. The molecule has 1 amide bonds. The second-order valence-corrected chi connectivity index (χ2v) is 6.93. The van der Waals surface area contributed by atoms with Crippen molar-refractivity contribution in [2.45, 2.75) is 38.8 Å². The Morgan fingerprint density at radius 2 is 2.12 bits per heavy atom. The molecule has 25 heavy (non-hydrogen) atoms. The predicted molar refractivity (Wildman–Crippen MR) is 99.6 cm³/mol. The number of carbonyl (C=O) groups excluding carboxylic acids is 1. The highest BCUT2D eigenvalue weighted by molar-refractivity contribution is 5.94. The zero-order chi connectivity index (χ0) is 17.6. The Bertz CT molecular complexity index is 666. The van der Waals surface area contributed by atoms with Crippen LogP contribution in [0.5, 0.6) is 0 Å². The summed E-state index contributed by atoms with van der Waals surface area (Å²) in [5.41, 5.74) is 1.93. The van der Waals surface area contributed by atoms with Crippen molar-refractivity contribution in [2.75, 3.05) is 26.7 Å². The van der Waals surface area contributed by atoms with E-state index in [0.29, 0.717) is 6.04 Å². The third-order valence-corrected chi connectivity index (χ3v) is 5.04. The number of benzene rings is 1. The minimum atomic E-state index is 0.150. The first-order valence-electron chi connectivity index (χ1n) is 9.23. The van der Waals surface area contributed by atoms with Crippen molar-refractivity contribution < 1.29 is 4.79 Å². The van der Waals surface area contributed by atoms with Crippen LogP contribution in [0.25, 0.3) is 0 Å². The van der Waals surface area contributed by atoms with E-state index in [1.807, 2.05) is 46.1 Å². The molecule has 0 N–H and O–H groups in total. The molecule has 3 rings (SSSR count). The lowest BCUT2D eigenvalue weighted by Crippen LogP contribution is -2.37. The first kappa shape index (κ1) is 17.7. The Labute approximate surface area is 150 Å². The van der Waals surface area contributed by atoms with E-state index >= 15 is 0 Å². The molecule has 1 atom stereocenters. The molecule has 2 aromatic rings. The van der Waals surface area contributed by atoms with E-state index in [2.05, 4.69) is 24.0 Å². The quantitative estimate of drug-likeness (QED) is 0.778. The number of hydrogen-bond acceptors (Lipinski definition) is 3. The summed E-state index contributed by atoms with van der Waals surface area (Å²) >= 11 is 0. The molecule has 1 aliphatic rings. The van der Waals surface area contributed by atoms with Gasteiger partial charge in [-0.3, -0.25) is 9.48 Å². The summed E-state index contributed by atoms with van der Waals surface area (Å²) in [6.07, 6.45) is 7.23. The van der Waals surface area contributed by atoms with Crippen LogP contribution in [0.4, 0.5) is 0 Å². The summed E-state index contributed by atoms with van der Waals surface area (Å²) in [5.74, 6) is 0.150. The molecule has 2 heterocycles. The summed E-state index contributed by atoms with van der Waals surface area (Å²) in [6, 6.07) is 10.3. The maximum atomic E-state index is 12.7. The largest absolute Gasteiger partial charge is 0.337 e. The van der Waals surface area contributed by atoms with Gasteiger partial charge in [-0.1, -0.05) is 25.5 Å². The Morgan fingerprint density at radius 3 is 2.80 bits per heavy atom. The first-order valence-corrected chi connectivity index (χ1v) is 9.23. The number of likely N-dealkylation sites (N-methyl/N-ethyl adjacent to an activating group) is 1. The van der Waals surface area contributed by atoms with Crippen molar-refractivity contribution >= 4 is 5.91 Å². The van der Waals surface area contributed by atoms with Gasteiger partial charge < -0.3 is 9.80 Å². The number of carbonyl (C=O) groups is 1. The van der Waals surface area contributed by atoms with E-state index in [4.69, 9.17) is 0 Å². The maximum absolute atomic E-state index is 12.7. The van der Waals surface area contributed by atoms with Gasteiger partial charge in [-0.05, 0) is 50.2 Å². The molecule has 1 aromatic heterocycles. The molecule has 0 aliphatic carbocycles. The van der Waals surface area contributed by atoms with Crippen LogP contribution >= 0.6 is 0 Å². The molecule has 1 aliphatic heterocycles. The molecule has 0 spiro atoms. The number of unbranched alkanes of at least 4 members (excludes halogenated alkanes) is 1. The van der Waals surface area contributed by atoms with Gasteiger partial charge in [0.15, 0.2) is 0 Å². The average Bonchev–Trinajstić information content (AvgIpc) is 3.31. The van der Waals surface area contributed by atoms with Gasteiger partial charge >= 0.3 is 0 Å². The summed E-state index contributed by atoms with van der Waals surface area (Å²) in [4.78, 5) is 17.1. The Morgan fingerprint density at radius 1 is 1.32 bits per heavy atom. The Hall–Kier alpha value is -2.14. The molecule has 0 bridgehead atoms. The topological polar surface area (TPSA) is 41.4 Å². The minimum Gasteiger partial charge on any atom is -0.337 e. The van der Waals surface area contributed by atoms with Crippen molar-refractivity contribution in [2.24, 2.45) is 0 Å². The lowest BCUT2D eigenvalue weighted by atomic mass is 10.1. The lowest BCUT2D eigenvalue weighted by molar-refractivity contribution is 0.0780. The van der Waals surface area contributed by atoms with Crippen LogP contribution in [-0.4, -0.2) is 58.2 Å². The second-order valence-electron chi connectivity index (χ2n) is 6.93. The monoisotopic (exact) mass is 340 g/mol. The smallest absolute Gasteiger partial charge is 0.253 e. The van der Waals surface area contributed by atoms with E-state index in [1.54, 1.807) is 6.20 Å². The van der Waals surface area contributed by atoms with Gasteiger partial charge in [0, 0.05) is 37.1 Å². The fraction of sp³-hybridized carbons (Fsp3) is 0.500. The fourth-order valence-electron chi connectivity index (χ4n) is 3.39. The second kappa shape index (κ2) is 8.30. The van der Waals surface area contributed by atoms with Gasteiger partial charge in [-0.25, -0.2) is 0 Å². The average molecular weight is 340 g/mol. The molecule has 5 heteroatoms. The summed E-state index contributed by atoms with van der Waals surface area (Å²) in [6.45, 7) is 5.76. The van der Waals surface area contributed by atoms with E-state index in [1.165, 1.54) is 12.8 Å². The molecule has 5 nitrogen and oxygen atoms in total. The fourth-order valence-corrected chi connectivity index (χ4v) is 3.39. The van der Waals surface area contributed by atoms with Crippen LogP contribution in [0.15, 0.2) is 42.7 Å². The highest BCUT2D eigenvalue weighted by Gasteiger charge is 2.29. The lowest BCUT2D eigenvalue weighted by Gasteiger charge is -2.24. The summed E-state index contributed by atoms with van der Waals surface area (Å²) < 4.78 is 1.88. The van der Waals surface area contributed by atoms with Crippen LogP contribution in [0.2, 0.25) is 0 Å². The molecular weight excluding hydrogens is 312 g/mol. The SMILES string of the molecule is CCCCN(C)C1CCN(C(=O)c2ccc(Cn3cccn3)cc2)C1. The van der Waals surface area contributed by atoms with Crippen LogP contribution in [0.3, 0.4) is 0 Å². The number of rotatable bonds is 7. The molecule has 0 radical (unpaired) electrons. The number of hydrogen-bond donors (Lipinski definition) is 0. The summed E-state index contributed by atoms with van der Waals surface area (Å²) in [5, 5.41) is 4.21. The van der Waals surface area contributed by atoms with E-state index < -0.39 is 0 Å². The molecule has 1 saturated heterocycles. The van der Waals surface area contributed by atoms with Crippen molar-refractivity contribution in [3.63, 3.8) is 0 Å². The number of nitrogens with zero attached hydrogens (tertiary/aromatic N) is 4.